The molecule has 2 aromatic rings. The minimum Gasteiger partial charge on any atom is -0.287 e. The summed E-state index contributed by atoms with van der Waals surface area (Å²) in [5.41, 5.74) is 12.7. The molecule has 0 unspecified atom stereocenters. The number of nitrogens with two attached hydrogens (primary N) is 2. The highest BCUT2D eigenvalue weighted by Gasteiger charge is 2.12. The molecular weight excluding hydrogens is 340 g/mol. The topological polar surface area (TPSA) is 166 Å². The van der Waals surface area contributed by atoms with E-state index in [0.29, 0.717) is 35.9 Å². The van der Waals surface area contributed by atoms with E-state index in [-0.39, 0.29) is 11.4 Å². The second kappa shape index (κ2) is 8.33. The Bertz CT molecular complexity index is 820. The van der Waals surface area contributed by atoms with E-state index < -0.39 is 9.85 Å². The molecule has 0 aromatic heterocycles. The van der Waals surface area contributed by atoms with Crippen LogP contribution in [0, 0.1) is 20.2 Å². The number of rotatable bonds is 7. The first-order valence-corrected chi connectivity index (χ1v) is 7.60. The minimum absolute atomic E-state index is 0.0476. The molecule has 0 aliphatic rings. The molecule has 2 aromatic carbocycles. The van der Waals surface area contributed by atoms with Gasteiger partial charge in [0.1, 0.15) is 13.1 Å². The van der Waals surface area contributed by atoms with Crippen molar-refractivity contribution in [2.75, 3.05) is 13.1 Å². The van der Waals surface area contributed by atoms with Crippen LogP contribution < -0.4 is 21.5 Å². The number of non-ortho nitro benzene ring substituents is 2. The van der Waals surface area contributed by atoms with E-state index in [1.54, 1.807) is 24.3 Å². The number of nitro benzene ring substituents is 2. The lowest BCUT2D eigenvalue weighted by Crippen LogP contribution is -2.86. The van der Waals surface area contributed by atoms with Gasteiger partial charge in [-0.3, -0.25) is 41.7 Å². The van der Waals surface area contributed by atoms with E-state index in [0.717, 1.165) is 0 Å². The van der Waals surface area contributed by atoms with Crippen molar-refractivity contribution in [3.8, 4) is 0 Å². The van der Waals surface area contributed by atoms with Crippen molar-refractivity contribution in [2.24, 2.45) is 11.5 Å². The second-order valence-electron chi connectivity index (χ2n) is 5.30. The van der Waals surface area contributed by atoms with Crippen LogP contribution in [0.3, 0.4) is 0 Å². The third-order valence-electron chi connectivity index (χ3n) is 3.49. The Balaban J connectivity index is 2.02. The lowest BCUT2D eigenvalue weighted by atomic mass is 10.2. The van der Waals surface area contributed by atoms with Crippen molar-refractivity contribution in [2.45, 2.75) is 0 Å². The Morgan fingerprint density at radius 3 is 1.54 bits per heavy atom. The standard InChI is InChI=1S/C16H16N6O4/c17-15(11-3-1-5-13(9-11)21(23)24)19-7-8-20-16(18)12-4-2-6-14(10-12)22(25)26/h1-6,9-10H,7-8H2,(H2,17,19)(H2,18,20)/p+2. The summed E-state index contributed by atoms with van der Waals surface area (Å²) in [6.45, 7) is 0.786. The molecule has 0 aliphatic heterocycles. The fourth-order valence-electron chi connectivity index (χ4n) is 2.17. The molecular formula is C16H18N6O4+2. The third kappa shape index (κ3) is 4.84. The highest BCUT2D eigenvalue weighted by molar-refractivity contribution is 5.94. The van der Waals surface area contributed by atoms with Gasteiger partial charge in [-0.15, -0.1) is 0 Å². The van der Waals surface area contributed by atoms with Crippen LogP contribution >= 0.6 is 0 Å². The number of benzene rings is 2. The maximum atomic E-state index is 10.8. The molecule has 134 valence electrons. The molecule has 0 spiro atoms. The number of amidine groups is 2. The molecule has 0 saturated heterocycles. The van der Waals surface area contributed by atoms with E-state index in [4.69, 9.17) is 11.5 Å². The quantitative estimate of drug-likeness (QED) is 0.144. The van der Waals surface area contributed by atoms with E-state index in [9.17, 15) is 20.2 Å². The second-order valence-corrected chi connectivity index (χ2v) is 5.30. The summed E-state index contributed by atoms with van der Waals surface area (Å²) in [6.07, 6.45) is 0. The van der Waals surface area contributed by atoms with Crippen molar-refractivity contribution in [3.63, 3.8) is 0 Å². The summed E-state index contributed by atoms with van der Waals surface area (Å²) < 4.78 is 0. The molecule has 0 amide bonds. The monoisotopic (exact) mass is 358 g/mol. The van der Waals surface area contributed by atoms with Gasteiger partial charge >= 0.3 is 0 Å². The summed E-state index contributed by atoms with van der Waals surface area (Å²) in [5.74, 6) is 0.592. The molecule has 10 nitrogen and oxygen atoms in total. The molecule has 0 heterocycles. The fraction of sp³-hybridized carbons (Fsp3) is 0.125. The molecule has 10 heteroatoms. The van der Waals surface area contributed by atoms with Crippen LogP contribution in [0.1, 0.15) is 11.1 Å². The van der Waals surface area contributed by atoms with Crippen molar-refractivity contribution in [1.29, 1.82) is 0 Å². The summed E-state index contributed by atoms with van der Waals surface area (Å²) in [6, 6.07) is 11.9. The zero-order valence-corrected chi connectivity index (χ0v) is 13.7. The van der Waals surface area contributed by atoms with Gasteiger partial charge in [0.15, 0.2) is 0 Å². The summed E-state index contributed by atoms with van der Waals surface area (Å²) in [4.78, 5) is 26.4. The van der Waals surface area contributed by atoms with Gasteiger partial charge in [0.2, 0.25) is 0 Å². The number of nitro groups is 2. The Morgan fingerprint density at radius 2 is 1.19 bits per heavy atom. The molecule has 2 rings (SSSR count). The molecule has 0 saturated carbocycles. The first kappa shape index (κ1) is 18.5. The van der Waals surface area contributed by atoms with Gasteiger partial charge in [-0.2, -0.15) is 0 Å². The van der Waals surface area contributed by atoms with Gasteiger partial charge < -0.3 is 0 Å². The summed E-state index contributed by atoms with van der Waals surface area (Å²) >= 11 is 0. The lowest BCUT2D eigenvalue weighted by Gasteiger charge is -1.97. The summed E-state index contributed by atoms with van der Waals surface area (Å²) in [5, 5.41) is 21.6. The number of nitrogens with zero attached hydrogens (tertiary/aromatic N) is 2. The molecule has 0 radical (unpaired) electrons. The number of nitrogen functional groups attached to an aromatic ring is 2. The van der Waals surface area contributed by atoms with Crippen molar-refractivity contribution < 1.29 is 19.8 Å². The molecule has 0 aliphatic carbocycles. The zero-order valence-electron chi connectivity index (χ0n) is 13.7. The predicted octanol–water partition coefficient (Wildman–Crippen LogP) is -2.22. The third-order valence-corrected chi connectivity index (χ3v) is 3.49. The normalized spacial score (nSPS) is 12.0. The van der Waals surface area contributed by atoms with Gasteiger partial charge in [-0.05, 0) is 12.1 Å². The van der Waals surface area contributed by atoms with Crippen LogP contribution in [-0.2, 0) is 0 Å². The SMILES string of the molecule is NC(=[NH+]CC[NH+]=C(N)c1cccc([N+](=O)[O-])c1)c1cccc([N+](=O)[O-])c1. The first-order valence-electron chi connectivity index (χ1n) is 7.60. The van der Waals surface area contributed by atoms with Crippen molar-refractivity contribution in [3.05, 3.63) is 79.9 Å². The molecule has 6 N–H and O–H groups in total. The van der Waals surface area contributed by atoms with Gasteiger partial charge in [0.05, 0.1) is 21.0 Å². The van der Waals surface area contributed by atoms with E-state index in [2.05, 4.69) is 9.98 Å². The predicted molar refractivity (Wildman–Crippen MR) is 94.4 cm³/mol. The van der Waals surface area contributed by atoms with Gasteiger partial charge in [-0.25, -0.2) is 0 Å². The number of hydrogen-bond acceptors (Lipinski definition) is 4. The van der Waals surface area contributed by atoms with Crippen LogP contribution in [0.25, 0.3) is 0 Å². The smallest absolute Gasteiger partial charge is 0.273 e. The molecule has 26 heavy (non-hydrogen) atoms. The molecule has 0 bridgehead atoms. The average Bonchev–Trinajstić information content (AvgIpc) is 2.65. The maximum Gasteiger partial charge on any atom is 0.273 e. The Hall–Kier alpha value is -3.82. The fourth-order valence-corrected chi connectivity index (χ4v) is 2.17. The summed E-state index contributed by atoms with van der Waals surface area (Å²) in [7, 11) is 0. The van der Waals surface area contributed by atoms with Gasteiger partial charge in [0, 0.05) is 24.3 Å². The molecule has 0 atom stereocenters. The lowest BCUT2D eigenvalue weighted by molar-refractivity contribution is -0.538. The van der Waals surface area contributed by atoms with Crippen LogP contribution in [-0.4, -0.2) is 34.6 Å². The van der Waals surface area contributed by atoms with Crippen LogP contribution in [0.5, 0.6) is 0 Å². The Kier molecular flexibility index (Phi) is 5.93. The Morgan fingerprint density at radius 1 is 0.808 bits per heavy atom. The largest absolute Gasteiger partial charge is 0.287 e. The highest BCUT2D eigenvalue weighted by Crippen LogP contribution is 2.12. The minimum atomic E-state index is -0.493. The maximum absolute atomic E-state index is 10.8. The van der Waals surface area contributed by atoms with Gasteiger partial charge in [0.25, 0.3) is 23.0 Å². The van der Waals surface area contributed by atoms with Crippen LogP contribution in [0.15, 0.2) is 48.5 Å². The van der Waals surface area contributed by atoms with Crippen LogP contribution in [0.4, 0.5) is 11.4 Å². The van der Waals surface area contributed by atoms with E-state index >= 15 is 0 Å². The van der Waals surface area contributed by atoms with Crippen molar-refractivity contribution >= 4 is 23.0 Å². The van der Waals surface area contributed by atoms with Crippen molar-refractivity contribution in [1.82, 2.24) is 0 Å². The molecule has 0 fully saturated rings. The Labute approximate surface area is 148 Å². The highest BCUT2D eigenvalue weighted by atomic mass is 16.6. The van der Waals surface area contributed by atoms with E-state index in [1.165, 1.54) is 24.3 Å². The zero-order chi connectivity index (χ0) is 19.1. The van der Waals surface area contributed by atoms with Crippen LogP contribution in [0.2, 0.25) is 0 Å². The average molecular weight is 358 g/mol. The first-order chi connectivity index (χ1) is 12.4. The number of nitrogens with one attached hydrogen (secondary N) is 2. The van der Waals surface area contributed by atoms with E-state index in [1.807, 2.05) is 0 Å². The van der Waals surface area contributed by atoms with Gasteiger partial charge in [-0.1, -0.05) is 12.1 Å². The number of hydrogen-bond donors (Lipinski definition) is 4.